The molecule has 2 N–H and O–H groups in total. The number of hydrogen-bond donors (Lipinski definition) is 2. The van der Waals surface area contributed by atoms with Crippen LogP contribution in [0.15, 0.2) is 24.3 Å². The van der Waals surface area contributed by atoms with Crippen molar-refractivity contribution in [3.63, 3.8) is 0 Å². The molecule has 0 aliphatic heterocycles. The van der Waals surface area contributed by atoms with Gasteiger partial charge in [0.1, 0.15) is 11.8 Å². The molecule has 19 heavy (non-hydrogen) atoms. The zero-order valence-corrected chi connectivity index (χ0v) is 11.2. The number of hydrogen-bond acceptors (Lipinski definition) is 3. The van der Waals surface area contributed by atoms with Gasteiger partial charge in [-0.2, -0.15) is 0 Å². The molecule has 0 spiro atoms. The van der Waals surface area contributed by atoms with Crippen molar-refractivity contribution in [3.8, 4) is 5.75 Å². The topological polar surface area (TPSA) is 75.6 Å². The average molecular weight is 265 g/mol. The summed E-state index contributed by atoms with van der Waals surface area (Å²) in [5.74, 6) is -0.551. The molecule has 1 unspecified atom stereocenters. The van der Waals surface area contributed by atoms with Gasteiger partial charge in [0.05, 0.1) is 13.0 Å². The number of carboxylic acid groups (broad SMARTS) is 1. The van der Waals surface area contributed by atoms with Crippen LogP contribution in [0.25, 0.3) is 0 Å². The van der Waals surface area contributed by atoms with Crippen LogP contribution in [0, 0.1) is 0 Å². The lowest BCUT2D eigenvalue weighted by Gasteiger charge is -2.12. The number of carbonyl (C=O) groups is 2. The van der Waals surface area contributed by atoms with Crippen LogP contribution in [-0.4, -0.2) is 29.6 Å². The minimum Gasteiger partial charge on any atom is -0.494 e. The van der Waals surface area contributed by atoms with Crippen LogP contribution >= 0.6 is 0 Å². The molecule has 0 saturated carbocycles. The Labute approximate surface area is 112 Å². The van der Waals surface area contributed by atoms with Crippen LogP contribution in [0.4, 0.5) is 0 Å². The van der Waals surface area contributed by atoms with Crippen LogP contribution in [0.3, 0.4) is 0 Å². The van der Waals surface area contributed by atoms with E-state index in [0.717, 1.165) is 11.3 Å². The molecule has 0 saturated heterocycles. The number of carbonyl (C=O) groups excluding carboxylic acids is 1. The Kier molecular flexibility index (Phi) is 5.85. The van der Waals surface area contributed by atoms with E-state index >= 15 is 0 Å². The van der Waals surface area contributed by atoms with E-state index in [0.29, 0.717) is 13.0 Å². The molecule has 0 fully saturated rings. The van der Waals surface area contributed by atoms with Crippen molar-refractivity contribution in [1.29, 1.82) is 0 Å². The second kappa shape index (κ2) is 7.41. The first-order valence-corrected chi connectivity index (χ1v) is 6.30. The van der Waals surface area contributed by atoms with Gasteiger partial charge in [-0.3, -0.25) is 4.79 Å². The molecule has 0 aliphatic rings. The fraction of sp³-hybridized carbons (Fsp3) is 0.429. The quantitative estimate of drug-likeness (QED) is 0.785. The highest BCUT2D eigenvalue weighted by Crippen LogP contribution is 2.12. The van der Waals surface area contributed by atoms with Gasteiger partial charge in [-0.1, -0.05) is 19.1 Å². The van der Waals surface area contributed by atoms with Gasteiger partial charge in [0.25, 0.3) is 0 Å². The van der Waals surface area contributed by atoms with Crippen molar-refractivity contribution >= 4 is 11.9 Å². The molecule has 1 amide bonds. The van der Waals surface area contributed by atoms with Crippen LogP contribution in [0.5, 0.6) is 5.75 Å². The van der Waals surface area contributed by atoms with Gasteiger partial charge < -0.3 is 15.2 Å². The maximum atomic E-state index is 11.7. The monoisotopic (exact) mass is 265 g/mol. The highest BCUT2D eigenvalue weighted by Gasteiger charge is 2.17. The number of amides is 1. The van der Waals surface area contributed by atoms with Crippen molar-refractivity contribution in [2.45, 2.75) is 32.7 Å². The number of carboxylic acids is 1. The molecule has 0 aromatic heterocycles. The zero-order valence-electron chi connectivity index (χ0n) is 11.2. The molecule has 0 bridgehead atoms. The predicted molar refractivity (Wildman–Crippen MR) is 71.2 cm³/mol. The van der Waals surface area contributed by atoms with E-state index in [4.69, 9.17) is 9.84 Å². The van der Waals surface area contributed by atoms with Gasteiger partial charge >= 0.3 is 5.97 Å². The van der Waals surface area contributed by atoms with Crippen LogP contribution in [0.1, 0.15) is 25.8 Å². The Hall–Kier alpha value is -2.04. The number of rotatable bonds is 7. The van der Waals surface area contributed by atoms with Crippen molar-refractivity contribution in [2.24, 2.45) is 0 Å². The first kappa shape index (κ1) is 15.0. The Morgan fingerprint density at radius 1 is 1.26 bits per heavy atom. The van der Waals surface area contributed by atoms with Gasteiger partial charge in [-0.25, -0.2) is 4.79 Å². The number of benzene rings is 1. The predicted octanol–water partition coefficient (Wildman–Crippen LogP) is 1.61. The van der Waals surface area contributed by atoms with E-state index in [1.807, 2.05) is 6.92 Å². The summed E-state index contributed by atoms with van der Waals surface area (Å²) in [6.45, 7) is 4.21. The van der Waals surface area contributed by atoms with Gasteiger partial charge in [0, 0.05) is 0 Å². The second-order valence-electron chi connectivity index (χ2n) is 4.12. The van der Waals surface area contributed by atoms with E-state index in [1.54, 1.807) is 31.2 Å². The molecule has 1 aromatic rings. The first-order chi connectivity index (χ1) is 9.06. The fourth-order valence-corrected chi connectivity index (χ4v) is 1.64. The van der Waals surface area contributed by atoms with Gasteiger partial charge in [0.15, 0.2) is 0 Å². The summed E-state index contributed by atoms with van der Waals surface area (Å²) >= 11 is 0. The Morgan fingerprint density at radius 3 is 2.37 bits per heavy atom. The molecule has 0 radical (unpaired) electrons. The van der Waals surface area contributed by atoms with Crippen molar-refractivity contribution in [2.75, 3.05) is 6.61 Å². The van der Waals surface area contributed by atoms with Crippen LogP contribution in [0.2, 0.25) is 0 Å². The number of aliphatic carboxylic acids is 1. The van der Waals surface area contributed by atoms with Crippen molar-refractivity contribution in [3.05, 3.63) is 29.8 Å². The van der Waals surface area contributed by atoms with Crippen molar-refractivity contribution < 1.29 is 19.4 Å². The highest BCUT2D eigenvalue weighted by atomic mass is 16.5. The number of nitrogens with one attached hydrogen (secondary N) is 1. The second-order valence-corrected chi connectivity index (χ2v) is 4.12. The lowest BCUT2D eigenvalue weighted by Crippen LogP contribution is -2.40. The molecule has 0 aliphatic carbocycles. The molecule has 0 heterocycles. The minimum absolute atomic E-state index is 0.163. The van der Waals surface area contributed by atoms with E-state index in [9.17, 15) is 9.59 Å². The summed E-state index contributed by atoms with van der Waals surface area (Å²) in [6.07, 6.45) is 0.528. The zero-order chi connectivity index (χ0) is 14.3. The fourth-order valence-electron chi connectivity index (χ4n) is 1.64. The van der Waals surface area contributed by atoms with Crippen molar-refractivity contribution in [1.82, 2.24) is 5.32 Å². The van der Waals surface area contributed by atoms with Gasteiger partial charge in [0.2, 0.25) is 5.91 Å². The van der Waals surface area contributed by atoms with Gasteiger partial charge in [-0.05, 0) is 31.0 Å². The SMILES string of the molecule is CCOc1ccc(CC(=O)NC(CC)C(=O)O)cc1. The maximum Gasteiger partial charge on any atom is 0.326 e. The highest BCUT2D eigenvalue weighted by molar-refractivity contribution is 5.84. The molecule has 1 rings (SSSR count). The molecular weight excluding hydrogens is 246 g/mol. The van der Waals surface area contributed by atoms with E-state index in [1.165, 1.54) is 0 Å². The lowest BCUT2D eigenvalue weighted by molar-refractivity contribution is -0.141. The largest absolute Gasteiger partial charge is 0.494 e. The third-order valence-electron chi connectivity index (χ3n) is 2.64. The van der Waals surface area contributed by atoms with E-state index < -0.39 is 12.0 Å². The minimum atomic E-state index is -1.01. The summed E-state index contributed by atoms with van der Waals surface area (Å²) in [5.41, 5.74) is 0.821. The summed E-state index contributed by atoms with van der Waals surface area (Å²) in [4.78, 5) is 22.5. The van der Waals surface area contributed by atoms with Crippen LogP contribution in [-0.2, 0) is 16.0 Å². The van der Waals surface area contributed by atoms with Gasteiger partial charge in [-0.15, -0.1) is 0 Å². The molecular formula is C14H19NO4. The first-order valence-electron chi connectivity index (χ1n) is 6.30. The third kappa shape index (κ3) is 4.99. The third-order valence-corrected chi connectivity index (χ3v) is 2.64. The summed E-state index contributed by atoms with van der Waals surface area (Å²) in [6, 6.07) is 6.36. The average Bonchev–Trinajstić information content (AvgIpc) is 2.38. The lowest BCUT2D eigenvalue weighted by atomic mass is 10.1. The Bertz CT molecular complexity index is 428. The smallest absolute Gasteiger partial charge is 0.326 e. The summed E-state index contributed by atoms with van der Waals surface area (Å²) in [5, 5.41) is 11.3. The van der Waals surface area contributed by atoms with E-state index in [-0.39, 0.29) is 12.3 Å². The molecule has 5 heteroatoms. The summed E-state index contributed by atoms with van der Waals surface area (Å²) < 4.78 is 5.30. The normalized spacial score (nSPS) is 11.7. The summed E-state index contributed by atoms with van der Waals surface area (Å²) in [7, 11) is 0. The molecule has 5 nitrogen and oxygen atoms in total. The Morgan fingerprint density at radius 2 is 1.89 bits per heavy atom. The number of ether oxygens (including phenoxy) is 1. The van der Waals surface area contributed by atoms with E-state index in [2.05, 4.69) is 5.32 Å². The Balaban J connectivity index is 2.54. The molecule has 104 valence electrons. The molecule has 1 aromatic carbocycles. The maximum absolute atomic E-state index is 11.7. The standard InChI is InChI=1S/C14H19NO4/c1-3-12(14(17)18)15-13(16)9-10-5-7-11(8-6-10)19-4-2/h5-8,12H,3-4,9H2,1-2H3,(H,15,16)(H,17,18). The van der Waals surface area contributed by atoms with Crippen LogP contribution < -0.4 is 10.1 Å². The molecule has 1 atom stereocenters.